The monoisotopic (exact) mass is 503 g/mol. The fourth-order valence-corrected chi connectivity index (χ4v) is 3.96. The molecule has 0 radical (unpaired) electrons. The predicted octanol–water partition coefficient (Wildman–Crippen LogP) is 6.20. The van der Waals surface area contributed by atoms with Gasteiger partial charge >= 0.3 is 12.8 Å². The Kier molecular flexibility index (Phi) is 6.71. The van der Waals surface area contributed by atoms with Gasteiger partial charge in [-0.1, -0.05) is 36.4 Å². The Morgan fingerprint density at radius 2 is 1.56 bits per heavy atom. The molecule has 1 aromatic heterocycles. The first-order valence-corrected chi connectivity index (χ1v) is 10.9. The van der Waals surface area contributed by atoms with Crippen LogP contribution in [0.4, 0.5) is 27.6 Å². The van der Waals surface area contributed by atoms with E-state index in [0.717, 1.165) is 11.6 Å². The molecule has 2 heterocycles. The number of aromatic nitrogens is 1. The Morgan fingerprint density at radius 1 is 0.917 bits per heavy atom. The molecule has 0 aliphatic carbocycles. The quantitative estimate of drug-likeness (QED) is 0.390. The highest BCUT2D eigenvalue weighted by molar-refractivity contribution is 6.09. The van der Waals surface area contributed by atoms with Crippen molar-refractivity contribution in [3.8, 4) is 5.75 Å². The van der Waals surface area contributed by atoms with Crippen LogP contribution in [-0.2, 0) is 16.5 Å². The van der Waals surface area contributed by atoms with Crippen LogP contribution in [0.2, 0.25) is 0 Å². The summed E-state index contributed by atoms with van der Waals surface area (Å²) in [5.41, 5.74) is -0.676. The van der Waals surface area contributed by atoms with Crippen LogP contribution in [0.15, 0.2) is 84.6 Å². The average Bonchev–Trinajstić information content (AvgIpc) is 3.14. The van der Waals surface area contributed by atoms with Crippen molar-refractivity contribution in [2.75, 3.05) is 4.90 Å². The van der Waals surface area contributed by atoms with E-state index < -0.39 is 36.0 Å². The summed E-state index contributed by atoms with van der Waals surface area (Å²) in [6.07, 6.45) is -2.93. The van der Waals surface area contributed by atoms with E-state index >= 15 is 0 Å². The molecule has 1 atom stereocenters. The maximum absolute atomic E-state index is 13.5. The maximum atomic E-state index is 13.5. The largest absolute Gasteiger partial charge is 0.435 e. The Morgan fingerprint density at radius 3 is 2.17 bits per heavy atom. The minimum absolute atomic E-state index is 0.0558. The molecule has 1 N–H and O–H groups in total. The summed E-state index contributed by atoms with van der Waals surface area (Å²) in [6, 6.07) is 17.8. The standard InChI is InChI=1S/C26H22F5N3O2/c1-25(2,21-9-6-10-22(32-21)26(29,30)31)33-19-15-20(16-7-4-3-5-8-16)34(23(19)35)17-11-13-18(14-12-17)36-24(27)28/h3-15,20,24,33H,1-2H3. The molecule has 0 saturated carbocycles. The average molecular weight is 503 g/mol. The number of pyridine rings is 1. The number of hydrogen-bond donors (Lipinski definition) is 1. The van der Waals surface area contributed by atoms with Crippen LogP contribution in [0.1, 0.15) is 36.8 Å². The van der Waals surface area contributed by atoms with Gasteiger partial charge in [0, 0.05) is 5.69 Å². The molecular weight excluding hydrogens is 481 g/mol. The summed E-state index contributed by atoms with van der Waals surface area (Å²) in [5, 5.41) is 3.05. The smallest absolute Gasteiger partial charge is 0.433 e. The predicted molar refractivity (Wildman–Crippen MR) is 123 cm³/mol. The van der Waals surface area contributed by atoms with Gasteiger partial charge in [0.15, 0.2) is 0 Å². The minimum atomic E-state index is -4.61. The van der Waals surface area contributed by atoms with Crippen molar-refractivity contribution in [3.63, 3.8) is 0 Å². The van der Waals surface area contributed by atoms with Crippen LogP contribution in [0.5, 0.6) is 5.75 Å². The second-order valence-electron chi connectivity index (χ2n) is 8.64. The van der Waals surface area contributed by atoms with Gasteiger partial charge in [0.05, 0.1) is 23.0 Å². The molecule has 2 aromatic carbocycles. The summed E-state index contributed by atoms with van der Waals surface area (Å²) in [5.74, 6) is -0.494. The molecule has 1 unspecified atom stereocenters. The lowest BCUT2D eigenvalue weighted by Gasteiger charge is -2.29. The fourth-order valence-electron chi connectivity index (χ4n) is 3.96. The number of ether oxygens (including phenoxy) is 1. The molecule has 3 aromatic rings. The Bertz CT molecular complexity index is 1260. The van der Waals surface area contributed by atoms with Crippen molar-refractivity contribution in [3.05, 3.63) is 102 Å². The summed E-state index contributed by atoms with van der Waals surface area (Å²) in [6.45, 7) is 0.270. The highest BCUT2D eigenvalue weighted by Crippen LogP contribution is 2.37. The molecule has 36 heavy (non-hydrogen) atoms. The molecule has 1 aliphatic rings. The van der Waals surface area contributed by atoms with Crippen molar-refractivity contribution in [2.45, 2.75) is 38.2 Å². The molecule has 1 amide bonds. The summed E-state index contributed by atoms with van der Waals surface area (Å²) in [4.78, 5) is 18.8. The molecule has 0 saturated heterocycles. The zero-order chi connectivity index (χ0) is 26.1. The SMILES string of the molecule is CC(C)(NC1=CC(c2ccccc2)N(c2ccc(OC(F)F)cc2)C1=O)c1cccc(C(F)(F)F)n1. The fraction of sp³-hybridized carbons (Fsp3) is 0.231. The number of nitrogens with zero attached hydrogens (tertiary/aromatic N) is 2. The zero-order valence-electron chi connectivity index (χ0n) is 19.3. The molecule has 0 bridgehead atoms. The number of amides is 1. The molecule has 0 fully saturated rings. The lowest BCUT2D eigenvalue weighted by molar-refractivity contribution is -0.141. The van der Waals surface area contributed by atoms with Gasteiger partial charge in [0.2, 0.25) is 0 Å². The van der Waals surface area contributed by atoms with Crippen molar-refractivity contribution in [2.24, 2.45) is 0 Å². The lowest BCUT2D eigenvalue weighted by atomic mass is 9.98. The number of anilines is 1. The molecule has 4 rings (SSSR count). The van der Waals surface area contributed by atoms with Crippen LogP contribution in [0, 0.1) is 0 Å². The van der Waals surface area contributed by atoms with Crippen molar-refractivity contribution in [1.82, 2.24) is 10.3 Å². The first-order chi connectivity index (χ1) is 17.0. The van der Waals surface area contributed by atoms with Gasteiger partial charge in [-0.05, 0) is 61.9 Å². The summed E-state index contributed by atoms with van der Waals surface area (Å²) >= 11 is 0. The summed E-state index contributed by atoms with van der Waals surface area (Å²) in [7, 11) is 0. The van der Waals surface area contributed by atoms with Crippen molar-refractivity contribution in [1.29, 1.82) is 0 Å². The highest BCUT2D eigenvalue weighted by Gasteiger charge is 2.38. The number of nitrogens with one attached hydrogen (secondary N) is 1. The van der Waals surface area contributed by atoms with Crippen molar-refractivity contribution >= 4 is 11.6 Å². The first kappa shape index (κ1) is 25.2. The third kappa shape index (κ3) is 5.32. The van der Waals surface area contributed by atoms with Gasteiger partial charge in [-0.2, -0.15) is 22.0 Å². The van der Waals surface area contributed by atoms with Crippen LogP contribution < -0.4 is 15.0 Å². The van der Waals surface area contributed by atoms with Crippen LogP contribution in [0.3, 0.4) is 0 Å². The Balaban J connectivity index is 1.67. The molecule has 5 nitrogen and oxygen atoms in total. The lowest BCUT2D eigenvalue weighted by Crippen LogP contribution is -2.41. The van der Waals surface area contributed by atoms with E-state index in [2.05, 4.69) is 15.0 Å². The Labute approximate surface area is 204 Å². The molecule has 188 valence electrons. The van der Waals surface area contributed by atoms with Gasteiger partial charge in [0.25, 0.3) is 5.91 Å². The maximum Gasteiger partial charge on any atom is 0.433 e. The van der Waals surface area contributed by atoms with Gasteiger partial charge in [0.1, 0.15) is 11.4 Å². The molecular formula is C26H22F5N3O2. The minimum Gasteiger partial charge on any atom is -0.435 e. The third-order valence-corrected chi connectivity index (χ3v) is 5.66. The highest BCUT2D eigenvalue weighted by atomic mass is 19.4. The number of carbonyl (C=O) groups is 1. The van der Waals surface area contributed by atoms with E-state index in [4.69, 9.17) is 0 Å². The van der Waals surface area contributed by atoms with E-state index in [-0.39, 0.29) is 17.1 Å². The number of rotatable bonds is 7. The normalized spacial score (nSPS) is 16.3. The van der Waals surface area contributed by atoms with Gasteiger partial charge in [-0.25, -0.2) is 4.98 Å². The van der Waals surface area contributed by atoms with Crippen LogP contribution in [0.25, 0.3) is 0 Å². The van der Waals surface area contributed by atoms with Crippen molar-refractivity contribution < 1.29 is 31.5 Å². The number of carbonyl (C=O) groups excluding carboxylic acids is 1. The number of halogens is 5. The summed E-state index contributed by atoms with van der Waals surface area (Å²) < 4.78 is 69.0. The number of alkyl halides is 5. The second-order valence-corrected chi connectivity index (χ2v) is 8.64. The van der Waals surface area contributed by atoms with E-state index in [0.29, 0.717) is 5.69 Å². The first-order valence-electron chi connectivity index (χ1n) is 10.9. The molecule has 10 heteroatoms. The van der Waals surface area contributed by atoms with E-state index in [1.165, 1.54) is 41.3 Å². The van der Waals surface area contributed by atoms with Gasteiger partial charge in [-0.3, -0.25) is 9.69 Å². The van der Waals surface area contributed by atoms with Gasteiger partial charge in [-0.15, -0.1) is 0 Å². The second kappa shape index (κ2) is 9.60. The Hall–Kier alpha value is -3.95. The van der Waals surface area contributed by atoms with Crippen LogP contribution >= 0.6 is 0 Å². The van der Waals surface area contributed by atoms with E-state index in [1.807, 2.05) is 30.3 Å². The van der Waals surface area contributed by atoms with Gasteiger partial charge < -0.3 is 10.1 Å². The zero-order valence-corrected chi connectivity index (χ0v) is 19.3. The number of hydrogen-bond acceptors (Lipinski definition) is 4. The van der Waals surface area contributed by atoms with E-state index in [9.17, 15) is 26.7 Å². The third-order valence-electron chi connectivity index (χ3n) is 5.66. The number of benzene rings is 2. The topological polar surface area (TPSA) is 54.5 Å². The molecule has 1 aliphatic heterocycles. The molecule has 0 spiro atoms. The van der Waals surface area contributed by atoms with E-state index in [1.54, 1.807) is 19.9 Å². The van der Waals surface area contributed by atoms with Crippen LogP contribution in [-0.4, -0.2) is 17.5 Å².